The predicted octanol–water partition coefficient (Wildman–Crippen LogP) is 3.90. The largest absolute Gasteiger partial charge is 0.484 e. The van der Waals surface area contributed by atoms with Gasteiger partial charge in [-0.3, -0.25) is 10.1 Å². The van der Waals surface area contributed by atoms with Gasteiger partial charge < -0.3 is 10.1 Å². The maximum atomic E-state index is 11.9. The fraction of sp³-hybridized carbons (Fsp3) is 0.188. The molecule has 0 radical (unpaired) electrons. The van der Waals surface area contributed by atoms with E-state index in [2.05, 4.69) is 15.6 Å². The van der Waals surface area contributed by atoms with E-state index in [0.29, 0.717) is 21.6 Å². The summed E-state index contributed by atoms with van der Waals surface area (Å²) in [7, 11) is 0. The van der Waals surface area contributed by atoms with Crippen molar-refractivity contribution >= 4 is 52.3 Å². The number of nitrogens with one attached hydrogen (secondary N) is 2. The smallest absolute Gasteiger partial charge is 0.264 e. The van der Waals surface area contributed by atoms with Gasteiger partial charge in [-0.15, -0.1) is 0 Å². The lowest BCUT2D eigenvalue weighted by atomic mass is 10.1. The highest BCUT2D eigenvalue weighted by Gasteiger charge is 2.08. The maximum absolute atomic E-state index is 11.9. The number of amides is 1. The van der Waals surface area contributed by atoms with E-state index in [1.54, 1.807) is 24.3 Å². The van der Waals surface area contributed by atoms with Gasteiger partial charge in [0.1, 0.15) is 11.6 Å². The minimum Gasteiger partial charge on any atom is -0.484 e. The molecule has 1 aromatic heterocycles. The molecule has 0 unspecified atom stereocenters. The standard InChI is InChI=1S/C16H15Cl2N3O2S/c1-9-5-12(6-10(2)15(9)18)23-8-14(22)21-16(24)20-13-4-3-11(17)7-19-13/h3-7H,8H2,1-2H3,(H2,19,20,21,22,24). The van der Waals surface area contributed by atoms with Gasteiger partial charge in [0.25, 0.3) is 5.91 Å². The highest BCUT2D eigenvalue weighted by molar-refractivity contribution is 7.80. The SMILES string of the molecule is Cc1cc(OCC(=O)NC(=S)Nc2ccc(Cl)cn2)cc(C)c1Cl. The molecular weight excluding hydrogens is 369 g/mol. The summed E-state index contributed by atoms with van der Waals surface area (Å²) in [6.07, 6.45) is 1.47. The van der Waals surface area contributed by atoms with E-state index in [0.717, 1.165) is 11.1 Å². The lowest BCUT2D eigenvalue weighted by Crippen LogP contribution is -2.37. The summed E-state index contributed by atoms with van der Waals surface area (Å²) in [5, 5.41) is 6.62. The normalized spacial score (nSPS) is 10.2. The van der Waals surface area contributed by atoms with E-state index in [4.69, 9.17) is 40.2 Å². The predicted molar refractivity (Wildman–Crippen MR) is 100 cm³/mol. The molecule has 0 aliphatic carbocycles. The quantitative estimate of drug-likeness (QED) is 0.783. The second-order valence-electron chi connectivity index (χ2n) is 5.02. The number of halogens is 2. The molecule has 126 valence electrons. The van der Waals surface area contributed by atoms with Crippen molar-refractivity contribution < 1.29 is 9.53 Å². The Labute approximate surface area is 155 Å². The molecule has 0 aliphatic rings. The molecule has 8 heteroatoms. The lowest BCUT2D eigenvalue weighted by Gasteiger charge is -2.11. The Morgan fingerprint density at radius 2 is 1.92 bits per heavy atom. The summed E-state index contributed by atoms with van der Waals surface area (Å²) in [5.74, 6) is 0.670. The van der Waals surface area contributed by atoms with Crippen molar-refractivity contribution in [1.29, 1.82) is 0 Å². The van der Waals surface area contributed by atoms with Gasteiger partial charge in [-0.25, -0.2) is 4.98 Å². The van der Waals surface area contributed by atoms with Crippen LogP contribution in [0.1, 0.15) is 11.1 Å². The van der Waals surface area contributed by atoms with Crippen molar-refractivity contribution in [2.75, 3.05) is 11.9 Å². The number of thiocarbonyl (C=S) groups is 1. The number of benzene rings is 1. The molecule has 2 N–H and O–H groups in total. The number of hydrogen-bond donors (Lipinski definition) is 2. The number of carbonyl (C=O) groups excluding carboxylic acids is 1. The first-order valence-corrected chi connectivity index (χ1v) is 8.13. The molecule has 0 saturated heterocycles. The number of hydrogen-bond acceptors (Lipinski definition) is 4. The van der Waals surface area contributed by atoms with Gasteiger partial charge >= 0.3 is 0 Å². The van der Waals surface area contributed by atoms with Crippen LogP contribution >= 0.6 is 35.4 Å². The monoisotopic (exact) mass is 383 g/mol. The first kappa shape index (κ1) is 18.4. The first-order valence-electron chi connectivity index (χ1n) is 6.97. The van der Waals surface area contributed by atoms with Crippen LogP contribution in [0, 0.1) is 13.8 Å². The molecule has 0 atom stereocenters. The number of aromatic nitrogens is 1. The number of rotatable bonds is 4. The lowest BCUT2D eigenvalue weighted by molar-refractivity contribution is -0.121. The van der Waals surface area contributed by atoms with Gasteiger partial charge in [-0.2, -0.15) is 0 Å². The molecule has 0 fully saturated rings. The Hall–Kier alpha value is -1.89. The van der Waals surface area contributed by atoms with Crippen LogP contribution < -0.4 is 15.4 Å². The zero-order chi connectivity index (χ0) is 17.7. The third-order valence-corrected chi connectivity index (χ3v) is 4.03. The van der Waals surface area contributed by atoms with Gasteiger partial charge in [0.15, 0.2) is 11.7 Å². The van der Waals surface area contributed by atoms with Crippen molar-refractivity contribution in [3.63, 3.8) is 0 Å². The van der Waals surface area contributed by atoms with Crippen LogP contribution in [-0.4, -0.2) is 22.6 Å². The van der Waals surface area contributed by atoms with Gasteiger partial charge in [0.05, 0.1) is 5.02 Å². The van der Waals surface area contributed by atoms with Crippen LogP contribution in [0.5, 0.6) is 5.75 Å². The average molecular weight is 384 g/mol. The molecular formula is C16H15Cl2N3O2S. The second-order valence-corrected chi connectivity index (χ2v) is 6.25. The van der Waals surface area contributed by atoms with Gasteiger partial charge in [-0.1, -0.05) is 23.2 Å². The van der Waals surface area contributed by atoms with E-state index in [1.807, 2.05) is 13.8 Å². The fourth-order valence-corrected chi connectivity index (χ4v) is 2.34. The highest BCUT2D eigenvalue weighted by atomic mass is 35.5. The van der Waals surface area contributed by atoms with E-state index >= 15 is 0 Å². The Morgan fingerprint density at radius 3 is 2.50 bits per heavy atom. The van der Waals surface area contributed by atoms with Crippen LogP contribution in [0.15, 0.2) is 30.5 Å². The van der Waals surface area contributed by atoms with Crippen LogP contribution in [0.4, 0.5) is 5.82 Å². The van der Waals surface area contributed by atoms with Crippen molar-refractivity contribution in [1.82, 2.24) is 10.3 Å². The molecule has 1 amide bonds. The average Bonchev–Trinajstić information content (AvgIpc) is 2.52. The molecule has 1 heterocycles. The molecule has 2 aromatic rings. The van der Waals surface area contributed by atoms with Crippen molar-refractivity contribution in [3.05, 3.63) is 51.6 Å². The zero-order valence-electron chi connectivity index (χ0n) is 13.0. The number of pyridine rings is 1. The molecule has 0 saturated carbocycles. The fourth-order valence-electron chi connectivity index (χ4n) is 1.90. The number of ether oxygens (including phenoxy) is 1. The van der Waals surface area contributed by atoms with E-state index in [-0.39, 0.29) is 17.6 Å². The number of aryl methyl sites for hydroxylation is 2. The van der Waals surface area contributed by atoms with Gasteiger partial charge in [0.2, 0.25) is 0 Å². The second kappa shape index (κ2) is 8.28. The third-order valence-electron chi connectivity index (χ3n) is 3.00. The number of anilines is 1. The van der Waals surface area contributed by atoms with E-state index in [9.17, 15) is 4.79 Å². The Bertz CT molecular complexity index is 743. The molecule has 24 heavy (non-hydrogen) atoms. The molecule has 0 aliphatic heterocycles. The van der Waals surface area contributed by atoms with Crippen molar-refractivity contribution in [3.8, 4) is 5.75 Å². The summed E-state index contributed by atoms with van der Waals surface area (Å²) in [6.45, 7) is 3.58. The summed E-state index contributed by atoms with van der Waals surface area (Å²) >= 11 is 16.9. The topological polar surface area (TPSA) is 63.2 Å². The van der Waals surface area contributed by atoms with Crippen LogP contribution in [0.2, 0.25) is 10.0 Å². The summed E-state index contributed by atoms with van der Waals surface area (Å²) in [5.41, 5.74) is 1.77. The number of carbonyl (C=O) groups is 1. The van der Waals surface area contributed by atoms with Crippen LogP contribution in [0.25, 0.3) is 0 Å². The molecule has 5 nitrogen and oxygen atoms in total. The Balaban J connectivity index is 1.84. The van der Waals surface area contributed by atoms with Crippen molar-refractivity contribution in [2.45, 2.75) is 13.8 Å². The first-order chi connectivity index (χ1) is 11.3. The summed E-state index contributed by atoms with van der Waals surface area (Å²) < 4.78 is 5.46. The summed E-state index contributed by atoms with van der Waals surface area (Å²) in [6, 6.07) is 6.86. The number of nitrogens with zero attached hydrogens (tertiary/aromatic N) is 1. The minimum atomic E-state index is -0.383. The van der Waals surface area contributed by atoms with Crippen LogP contribution in [0.3, 0.4) is 0 Å². The molecule has 0 bridgehead atoms. The van der Waals surface area contributed by atoms with Crippen molar-refractivity contribution in [2.24, 2.45) is 0 Å². The highest BCUT2D eigenvalue weighted by Crippen LogP contribution is 2.25. The molecule has 1 aromatic carbocycles. The van der Waals surface area contributed by atoms with Gasteiger partial charge in [-0.05, 0) is 61.5 Å². The Morgan fingerprint density at radius 1 is 1.25 bits per heavy atom. The van der Waals surface area contributed by atoms with Gasteiger partial charge in [0, 0.05) is 11.2 Å². The summed E-state index contributed by atoms with van der Waals surface area (Å²) in [4.78, 5) is 15.9. The van der Waals surface area contributed by atoms with E-state index < -0.39 is 0 Å². The maximum Gasteiger partial charge on any atom is 0.264 e. The minimum absolute atomic E-state index is 0.127. The van der Waals surface area contributed by atoms with E-state index in [1.165, 1.54) is 6.20 Å². The molecule has 0 spiro atoms. The third kappa shape index (κ3) is 5.33. The zero-order valence-corrected chi connectivity index (χ0v) is 15.4. The molecule has 2 rings (SSSR count). The Kier molecular flexibility index (Phi) is 6.36. The van der Waals surface area contributed by atoms with Crippen LogP contribution in [-0.2, 0) is 4.79 Å².